The maximum Gasteiger partial charge on any atom is 0.123 e. The van der Waals surface area contributed by atoms with Gasteiger partial charge in [-0.05, 0) is 45.2 Å². The SMILES string of the molecule is CC(C)(C)c1ccc(-c2ccc(F)cc2)c(C(C)(C)C)c1. The number of hydrogen-bond acceptors (Lipinski definition) is 0. The zero-order chi connectivity index (χ0) is 15.8. The topological polar surface area (TPSA) is 0 Å². The molecule has 0 radical (unpaired) electrons. The van der Waals surface area contributed by atoms with Crippen LogP contribution in [0.4, 0.5) is 4.39 Å². The van der Waals surface area contributed by atoms with Gasteiger partial charge in [-0.25, -0.2) is 4.39 Å². The van der Waals surface area contributed by atoms with Crippen LogP contribution in [0.5, 0.6) is 0 Å². The van der Waals surface area contributed by atoms with Crippen molar-refractivity contribution >= 4 is 0 Å². The Bertz CT molecular complexity index is 622. The molecule has 2 rings (SSSR count). The largest absolute Gasteiger partial charge is 0.207 e. The standard InChI is InChI=1S/C20H25F/c1-19(2,3)15-9-12-17(18(13-15)20(4,5)6)14-7-10-16(21)11-8-14/h7-13H,1-6H3. The highest BCUT2D eigenvalue weighted by Crippen LogP contribution is 2.36. The summed E-state index contributed by atoms with van der Waals surface area (Å²) in [7, 11) is 0. The molecule has 112 valence electrons. The lowest BCUT2D eigenvalue weighted by molar-refractivity contribution is 0.570. The molecule has 2 aromatic rings. The van der Waals surface area contributed by atoms with Gasteiger partial charge in [-0.3, -0.25) is 0 Å². The van der Waals surface area contributed by atoms with E-state index in [1.165, 1.54) is 28.8 Å². The molecule has 1 heteroatoms. The predicted octanol–water partition coefficient (Wildman–Crippen LogP) is 6.09. The summed E-state index contributed by atoms with van der Waals surface area (Å²) in [5.41, 5.74) is 5.07. The van der Waals surface area contributed by atoms with Crippen molar-refractivity contribution in [1.29, 1.82) is 0 Å². The molecule has 0 unspecified atom stereocenters. The maximum absolute atomic E-state index is 13.2. The second-order valence-electron chi connectivity index (χ2n) is 7.77. The molecular weight excluding hydrogens is 259 g/mol. The first kappa shape index (κ1) is 15.8. The van der Waals surface area contributed by atoms with Crippen LogP contribution in [0.2, 0.25) is 0 Å². The highest BCUT2D eigenvalue weighted by atomic mass is 19.1. The van der Waals surface area contributed by atoms with Crippen molar-refractivity contribution in [2.75, 3.05) is 0 Å². The number of hydrogen-bond donors (Lipinski definition) is 0. The van der Waals surface area contributed by atoms with Crippen molar-refractivity contribution in [2.24, 2.45) is 0 Å². The molecule has 0 spiro atoms. The van der Waals surface area contributed by atoms with Gasteiger partial charge in [0, 0.05) is 0 Å². The van der Waals surface area contributed by atoms with Crippen LogP contribution in [0.25, 0.3) is 11.1 Å². The van der Waals surface area contributed by atoms with Crippen molar-refractivity contribution in [1.82, 2.24) is 0 Å². The molecule has 0 N–H and O–H groups in total. The zero-order valence-corrected chi connectivity index (χ0v) is 13.9. The van der Waals surface area contributed by atoms with Gasteiger partial charge in [-0.2, -0.15) is 0 Å². The van der Waals surface area contributed by atoms with E-state index in [0.29, 0.717) is 0 Å². The molecule has 0 aromatic heterocycles. The van der Waals surface area contributed by atoms with Crippen molar-refractivity contribution in [3.8, 4) is 11.1 Å². The minimum Gasteiger partial charge on any atom is -0.207 e. The quantitative estimate of drug-likeness (QED) is 0.594. The zero-order valence-electron chi connectivity index (χ0n) is 13.9. The van der Waals surface area contributed by atoms with Crippen LogP contribution in [0.1, 0.15) is 52.7 Å². The normalized spacial score (nSPS) is 12.5. The van der Waals surface area contributed by atoms with Gasteiger partial charge in [0.15, 0.2) is 0 Å². The first-order valence-corrected chi connectivity index (χ1v) is 7.50. The molecule has 0 nitrogen and oxygen atoms in total. The summed E-state index contributed by atoms with van der Waals surface area (Å²) < 4.78 is 13.2. The van der Waals surface area contributed by atoms with E-state index in [1.807, 2.05) is 12.1 Å². The van der Waals surface area contributed by atoms with Crippen molar-refractivity contribution in [2.45, 2.75) is 52.4 Å². The molecule has 0 bridgehead atoms. The molecule has 0 saturated carbocycles. The highest BCUT2D eigenvalue weighted by Gasteiger charge is 2.22. The summed E-state index contributed by atoms with van der Waals surface area (Å²) in [6.07, 6.45) is 0. The fourth-order valence-electron chi connectivity index (χ4n) is 2.51. The minimum absolute atomic E-state index is 0.0466. The minimum atomic E-state index is -0.192. The van der Waals surface area contributed by atoms with Gasteiger partial charge in [-0.15, -0.1) is 0 Å². The highest BCUT2D eigenvalue weighted by molar-refractivity contribution is 5.69. The van der Waals surface area contributed by atoms with Crippen LogP contribution >= 0.6 is 0 Å². The first-order valence-electron chi connectivity index (χ1n) is 7.50. The maximum atomic E-state index is 13.2. The lowest BCUT2D eigenvalue weighted by atomic mass is 9.77. The van der Waals surface area contributed by atoms with Gasteiger partial charge in [0.05, 0.1) is 0 Å². The fourth-order valence-corrected chi connectivity index (χ4v) is 2.51. The Morgan fingerprint density at radius 1 is 0.714 bits per heavy atom. The average Bonchev–Trinajstić information content (AvgIpc) is 2.37. The van der Waals surface area contributed by atoms with E-state index in [9.17, 15) is 4.39 Å². The Hall–Kier alpha value is -1.63. The van der Waals surface area contributed by atoms with Gasteiger partial charge in [0.25, 0.3) is 0 Å². The molecule has 0 amide bonds. The molecule has 0 heterocycles. The molecule has 0 aliphatic rings. The van der Waals surface area contributed by atoms with E-state index in [1.54, 1.807) is 0 Å². The second-order valence-corrected chi connectivity index (χ2v) is 7.77. The van der Waals surface area contributed by atoms with Crippen LogP contribution in [0.15, 0.2) is 42.5 Å². The molecule has 0 aliphatic heterocycles. The van der Waals surface area contributed by atoms with Gasteiger partial charge < -0.3 is 0 Å². The fraction of sp³-hybridized carbons (Fsp3) is 0.400. The Kier molecular flexibility index (Phi) is 3.97. The van der Waals surface area contributed by atoms with Gasteiger partial charge in [0.1, 0.15) is 5.82 Å². The van der Waals surface area contributed by atoms with E-state index in [2.05, 4.69) is 59.7 Å². The Morgan fingerprint density at radius 3 is 1.76 bits per heavy atom. The average molecular weight is 284 g/mol. The third-order valence-electron chi connectivity index (χ3n) is 3.85. The number of rotatable bonds is 1. The van der Waals surface area contributed by atoms with Crippen molar-refractivity contribution in [3.63, 3.8) is 0 Å². The smallest absolute Gasteiger partial charge is 0.123 e. The molecule has 0 fully saturated rings. The predicted molar refractivity (Wildman–Crippen MR) is 89.2 cm³/mol. The summed E-state index contributed by atoms with van der Waals surface area (Å²) in [5, 5.41) is 0. The van der Waals surface area contributed by atoms with Crippen LogP contribution in [0.3, 0.4) is 0 Å². The van der Waals surface area contributed by atoms with Crippen molar-refractivity contribution in [3.05, 3.63) is 59.4 Å². The van der Waals surface area contributed by atoms with Crippen LogP contribution in [-0.2, 0) is 10.8 Å². The Morgan fingerprint density at radius 2 is 1.29 bits per heavy atom. The lowest BCUT2D eigenvalue weighted by Gasteiger charge is -2.27. The summed E-state index contributed by atoms with van der Waals surface area (Å²) in [4.78, 5) is 0. The number of benzene rings is 2. The molecule has 0 saturated heterocycles. The summed E-state index contributed by atoms with van der Waals surface area (Å²) in [6, 6.07) is 13.4. The van der Waals surface area contributed by atoms with Gasteiger partial charge in [0.2, 0.25) is 0 Å². The molecule has 21 heavy (non-hydrogen) atoms. The van der Waals surface area contributed by atoms with E-state index >= 15 is 0 Å². The number of halogens is 1. The van der Waals surface area contributed by atoms with E-state index < -0.39 is 0 Å². The summed E-state index contributed by atoms with van der Waals surface area (Å²) in [5.74, 6) is -0.192. The van der Waals surface area contributed by atoms with Crippen LogP contribution in [-0.4, -0.2) is 0 Å². The van der Waals surface area contributed by atoms with Crippen molar-refractivity contribution < 1.29 is 4.39 Å². The van der Waals surface area contributed by atoms with Crippen LogP contribution < -0.4 is 0 Å². The summed E-state index contributed by atoms with van der Waals surface area (Å²) >= 11 is 0. The van der Waals surface area contributed by atoms with Gasteiger partial charge >= 0.3 is 0 Å². The lowest BCUT2D eigenvalue weighted by Crippen LogP contribution is -2.17. The Labute approximate surface area is 128 Å². The molecular formula is C20H25F. The first-order chi connectivity index (χ1) is 9.59. The van der Waals surface area contributed by atoms with E-state index in [-0.39, 0.29) is 16.6 Å². The molecule has 2 aromatic carbocycles. The molecule has 0 atom stereocenters. The van der Waals surface area contributed by atoms with Crippen LogP contribution in [0, 0.1) is 5.82 Å². The third kappa shape index (κ3) is 3.53. The third-order valence-corrected chi connectivity index (χ3v) is 3.85. The van der Waals surface area contributed by atoms with Gasteiger partial charge in [-0.1, -0.05) is 71.9 Å². The summed E-state index contributed by atoms with van der Waals surface area (Å²) in [6.45, 7) is 13.4. The molecule has 0 aliphatic carbocycles. The Balaban J connectivity index is 2.63. The monoisotopic (exact) mass is 284 g/mol. The van der Waals surface area contributed by atoms with E-state index in [4.69, 9.17) is 0 Å². The second kappa shape index (κ2) is 5.29. The van der Waals surface area contributed by atoms with E-state index in [0.717, 1.165) is 5.56 Å².